The SMILES string of the molecule is CN1C[C@H](CN)[C@@H](CN)C1. The molecule has 0 bridgehead atoms. The Labute approximate surface area is 62.4 Å². The molecule has 0 radical (unpaired) electrons. The van der Waals surface area contributed by atoms with Gasteiger partial charge in [-0.25, -0.2) is 0 Å². The Kier molecular flexibility index (Phi) is 2.65. The normalized spacial score (nSPS) is 35.1. The summed E-state index contributed by atoms with van der Waals surface area (Å²) in [5, 5.41) is 0. The Balaban J connectivity index is 2.41. The minimum atomic E-state index is 0.634. The third-order valence-corrected chi connectivity index (χ3v) is 2.36. The average molecular weight is 143 g/mol. The highest BCUT2D eigenvalue weighted by molar-refractivity contribution is 4.82. The molecule has 2 atom stereocenters. The average Bonchev–Trinajstić information content (AvgIpc) is 2.30. The van der Waals surface area contributed by atoms with E-state index in [1.165, 1.54) is 0 Å². The van der Waals surface area contributed by atoms with Crippen LogP contribution in [-0.2, 0) is 0 Å². The third kappa shape index (κ3) is 1.48. The molecule has 3 heteroatoms. The van der Waals surface area contributed by atoms with Crippen LogP contribution >= 0.6 is 0 Å². The Bertz CT molecular complexity index is 93.0. The Morgan fingerprint density at radius 3 is 1.90 bits per heavy atom. The van der Waals surface area contributed by atoms with Crippen molar-refractivity contribution in [2.75, 3.05) is 33.2 Å². The fraction of sp³-hybridized carbons (Fsp3) is 1.00. The first-order chi connectivity index (χ1) is 4.77. The third-order valence-electron chi connectivity index (χ3n) is 2.36. The van der Waals surface area contributed by atoms with E-state index in [0.29, 0.717) is 11.8 Å². The standard InChI is InChI=1S/C7H17N3/c1-10-4-6(2-8)7(3-9)5-10/h6-7H,2-5,8-9H2,1H3/t6-,7-/m0/s1. The first-order valence-corrected chi connectivity index (χ1v) is 3.86. The van der Waals surface area contributed by atoms with Gasteiger partial charge in [-0.05, 0) is 32.0 Å². The van der Waals surface area contributed by atoms with Crippen LogP contribution in [0.15, 0.2) is 0 Å². The molecule has 0 aliphatic carbocycles. The van der Waals surface area contributed by atoms with Crippen molar-refractivity contribution in [2.45, 2.75) is 0 Å². The smallest absolute Gasteiger partial charge is 0.00224 e. The van der Waals surface area contributed by atoms with Crippen LogP contribution in [0.5, 0.6) is 0 Å². The predicted octanol–water partition coefficient (Wildman–Crippen LogP) is -0.918. The summed E-state index contributed by atoms with van der Waals surface area (Å²) in [6.07, 6.45) is 0. The molecular weight excluding hydrogens is 126 g/mol. The molecule has 4 N–H and O–H groups in total. The van der Waals surface area contributed by atoms with Crippen LogP contribution < -0.4 is 11.5 Å². The maximum Gasteiger partial charge on any atom is 0.00224 e. The molecule has 60 valence electrons. The van der Waals surface area contributed by atoms with Crippen molar-refractivity contribution in [1.29, 1.82) is 0 Å². The van der Waals surface area contributed by atoms with Crippen LogP contribution in [0.2, 0.25) is 0 Å². The van der Waals surface area contributed by atoms with Gasteiger partial charge in [0.15, 0.2) is 0 Å². The number of nitrogens with two attached hydrogens (primary N) is 2. The lowest BCUT2D eigenvalue weighted by molar-refractivity contribution is 0.395. The highest BCUT2D eigenvalue weighted by Gasteiger charge is 2.27. The van der Waals surface area contributed by atoms with Crippen molar-refractivity contribution in [1.82, 2.24) is 4.90 Å². The zero-order valence-electron chi connectivity index (χ0n) is 6.59. The largest absolute Gasteiger partial charge is 0.330 e. The molecule has 1 rings (SSSR count). The molecule has 0 spiro atoms. The van der Waals surface area contributed by atoms with Gasteiger partial charge in [0, 0.05) is 13.1 Å². The van der Waals surface area contributed by atoms with Crippen LogP contribution in [0.1, 0.15) is 0 Å². The minimum absolute atomic E-state index is 0.634. The van der Waals surface area contributed by atoms with Crippen molar-refractivity contribution in [3.63, 3.8) is 0 Å². The maximum absolute atomic E-state index is 5.58. The van der Waals surface area contributed by atoms with Crippen molar-refractivity contribution in [2.24, 2.45) is 23.3 Å². The molecule has 10 heavy (non-hydrogen) atoms. The molecule has 1 heterocycles. The first kappa shape index (κ1) is 7.98. The van der Waals surface area contributed by atoms with E-state index >= 15 is 0 Å². The van der Waals surface area contributed by atoms with Gasteiger partial charge in [0.25, 0.3) is 0 Å². The molecule has 0 saturated carbocycles. The topological polar surface area (TPSA) is 55.3 Å². The summed E-state index contributed by atoms with van der Waals surface area (Å²) in [6.45, 7) is 3.81. The molecule has 0 unspecified atom stereocenters. The summed E-state index contributed by atoms with van der Waals surface area (Å²) < 4.78 is 0. The molecular formula is C7H17N3. The molecule has 0 aromatic carbocycles. The van der Waals surface area contributed by atoms with E-state index < -0.39 is 0 Å². The number of nitrogens with zero attached hydrogens (tertiary/aromatic N) is 1. The molecule has 0 aromatic rings. The number of likely N-dealkylation sites (tertiary alicyclic amines) is 1. The second-order valence-corrected chi connectivity index (χ2v) is 3.21. The lowest BCUT2D eigenvalue weighted by Crippen LogP contribution is -2.27. The van der Waals surface area contributed by atoms with Crippen LogP contribution in [0, 0.1) is 11.8 Å². The van der Waals surface area contributed by atoms with Crippen LogP contribution in [0.25, 0.3) is 0 Å². The van der Waals surface area contributed by atoms with E-state index in [1.807, 2.05) is 0 Å². The molecule has 1 fully saturated rings. The van der Waals surface area contributed by atoms with Gasteiger partial charge in [-0.1, -0.05) is 0 Å². The van der Waals surface area contributed by atoms with Crippen LogP contribution in [0.3, 0.4) is 0 Å². The van der Waals surface area contributed by atoms with Gasteiger partial charge in [-0.2, -0.15) is 0 Å². The number of hydrogen-bond acceptors (Lipinski definition) is 3. The Morgan fingerprint density at radius 1 is 1.20 bits per heavy atom. The number of rotatable bonds is 2. The maximum atomic E-state index is 5.58. The summed E-state index contributed by atoms with van der Waals surface area (Å²) >= 11 is 0. The minimum Gasteiger partial charge on any atom is -0.330 e. The first-order valence-electron chi connectivity index (χ1n) is 3.86. The van der Waals surface area contributed by atoms with E-state index in [1.54, 1.807) is 0 Å². The second-order valence-electron chi connectivity index (χ2n) is 3.21. The quantitative estimate of drug-likeness (QED) is 0.526. The van der Waals surface area contributed by atoms with Crippen molar-refractivity contribution in [3.05, 3.63) is 0 Å². The Morgan fingerprint density at radius 2 is 1.60 bits per heavy atom. The highest BCUT2D eigenvalue weighted by Crippen LogP contribution is 2.19. The Hall–Kier alpha value is -0.120. The van der Waals surface area contributed by atoms with Gasteiger partial charge in [0.1, 0.15) is 0 Å². The van der Waals surface area contributed by atoms with Gasteiger partial charge in [-0.15, -0.1) is 0 Å². The molecule has 3 nitrogen and oxygen atoms in total. The lowest BCUT2D eigenvalue weighted by Gasteiger charge is -2.12. The highest BCUT2D eigenvalue weighted by atomic mass is 15.1. The monoisotopic (exact) mass is 143 g/mol. The van der Waals surface area contributed by atoms with Gasteiger partial charge in [0.05, 0.1) is 0 Å². The summed E-state index contributed by atoms with van der Waals surface area (Å²) in [5.74, 6) is 1.27. The summed E-state index contributed by atoms with van der Waals surface area (Å²) in [5.41, 5.74) is 11.2. The van der Waals surface area contributed by atoms with E-state index in [-0.39, 0.29) is 0 Å². The molecule has 1 saturated heterocycles. The second kappa shape index (κ2) is 3.32. The van der Waals surface area contributed by atoms with E-state index in [9.17, 15) is 0 Å². The zero-order chi connectivity index (χ0) is 7.56. The zero-order valence-corrected chi connectivity index (χ0v) is 6.59. The fourth-order valence-electron chi connectivity index (χ4n) is 1.71. The van der Waals surface area contributed by atoms with Gasteiger partial charge in [0.2, 0.25) is 0 Å². The van der Waals surface area contributed by atoms with Gasteiger partial charge >= 0.3 is 0 Å². The number of hydrogen-bond donors (Lipinski definition) is 2. The molecule has 0 aromatic heterocycles. The van der Waals surface area contributed by atoms with E-state index in [2.05, 4.69) is 11.9 Å². The summed E-state index contributed by atoms with van der Waals surface area (Å²) in [7, 11) is 2.12. The molecule has 1 aliphatic heterocycles. The molecule has 0 amide bonds. The molecule has 1 aliphatic rings. The lowest BCUT2D eigenvalue weighted by atomic mass is 9.97. The predicted molar refractivity (Wildman–Crippen MR) is 42.6 cm³/mol. The van der Waals surface area contributed by atoms with Crippen molar-refractivity contribution in [3.8, 4) is 0 Å². The summed E-state index contributed by atoms with van der Waals surface area (Å²) in [4.78, 5) is 2.30. The van der Waals surface area contributed by atoms with Crippen molar-refractivity contribution < 1.29 is 0 Å². The van der Waals surface area contributed by atoms with Crippen LogP contribution in [-0.4, -0.2) is 38.1 Å². The van der Waals surface area contributed by atoms with E-state index in [4.69, 9.17) is 11.5 Å². The van der Waals surface area contributed by atoms with Gasteiger partial charge < -0.3 is 16.4 Å². The van der Waals surface area contributed by atoms with Crippen molar-refractivity contribution >= 4 is 0 Å². The van der Waals surface area contributed by atoms with Crippen LogP contribution in [0.4, 0.5) is 0 Å². The summed E-state index contributed by atoms with van der Waals surface area (Å²) in [6, 6.07) is 0. The fourth-order valence-corrected chi connectivity index (χ4v) is 1.71. The van der Waals surface area contributed by atoms with E-state index in [0.717, 1.165) is 26.2 Å². The van der Waals surface area contributed by atoms with Gasteiger partial charge in [-0.3, -0.25) is 0 Å².